The van der Waals surface area contributed by atoms with E-state index >= 15 is 0 Å². The van der Waals surface area contributed by atoms with Crippen molar-refractivity contribution in [3.05, 3.63) is 54.1 Å². The smallest absolute Gasteiger partial charge is 0.258 e. The van der Waals surface area contributed by atoms with Crippen molar-refractivity contribution in [2.45, 2.75) is 32.1 Å². The Morgan fingerprint density at radius 3 is 2.56 bits per heavy atom. The Balaban J connectivity index is 1.72. The molecule has 142 valence electrons. The first-order chi connectivity index (χ1) is 13.1. The monoisotopic (exact) mass is 386 g/mol. The van der Waals surface area contributed by atoms with Crippen molar-refractivity contribution in [2.75, 3.05) is 23.3 Å². The van der Waals surface area contributed by atoms with E-state index in [1.54, 1.807) is 24.4 Å². The zero-order valence-corrected chi connectivity index (χ0v) is 15.9. The standard InChI is InChI=1S/C20H23FN4OS/c21-16-8-9-18(25-11-4-2-1-3-5-12-25)17(13-16)23-20(27)24-19(26)15-7-6-10-22-14-15/h6-10,13-14H,1-5,11-12H2,(H2,23,24,26,27). The lowest BCUT2D eigenvalue weighted by Crippen LogP contribution is -2.35. The van der Waals surface area contributed by atoms with Gasteiger partial charge in [-0.2, -0.15) is 0 Å². The maximum Gasteiger partial charge on any atom is 0.258 e. The van der Waals surface area contributed by atoms with Crippen molar-refractivity contribution in [1.29, 1.82) is 0 Å². The first-order valence-electron chi connectivity index (χ1n) is 9.20. The Kier molecular flexibility index (Phi) is 6.70. The van der Waals surface area contributed by atoms with Crippen molar-refractivity contribution >= 4 is 34.6 Å². The fourth-order valence-electron chi connectivity index (χ4n) is 3.20. The Bertz CT molecular complexity index is 792. The van der Waals surface area contributed by atoms with E-state index < -0.39 is 0 Å². The van der Waals surface area contributed by atoms with Crippen molar-refractivity contribution in [3.63, 3.8) is 0 Å². The normalized spacial score (nSPS) is 14.8. The summed E-state index contributed by atoms with van der Waals surface area (Å²) in [5.41, 5.74) is 1.87. The van der Waals surface area contributed by atoms with Gasteiger partial charge < -0.3 is 10.2 Å². The molecule has 1 amide bonds. The average molecular weight is 386 g/mol. The summed E-state index contributed by atoms with van der Waals surface area (Å²) in [6.07, 6.45) is 8.96. The SMILES string of the molecule is O=C(NC(=S)Nc1cc(F)ccc1N1CCCCCCC1)c1cccnc1. The summed E-state index contributed by atoms with van der Waals surface area (Å²) in [5.74, 6) is -0.709. The Morgan fingerprint density at radius 1 is 1.11 bits per heavy atom. The lowest BCUT2D eigenvalue weighted by molar-refractivity contribution is 0.0977. The van der Waals surface area contributed by atoms with Crippen LogP contribution in [0.15, 0.2) is 42.7 Å². The highest BCUT2D eigenvalue weighted by Gasteiger charge is 2.16. The summed E-state index contributed by atoms with van der Waals surface area (Å²) < 4.78 is 13.8. The number of rotatable bonds is 3. The number of carbonyl (C=O) groups excluding carboxylic acids is 1. The van der Waals surface area contributed by atoms with Gasteiger partial charge in [0.25, 0.3) is 5.91 Å². The van der Waals surface area contributed by atoms with Crippen molar-refractivity contribution in [1.82, 2.24) is 10.3 Å². The third-order valence-corrected chi connectivity index (χ3v) is 4.76. The molecule has 0 atom stereocenters. The summed E-state index contributed by atoms with van der Waals surface area (Å²) >= 11 is 5.26. The predicted octanol–water partition coefficient (Wildman–Crippen LogP) is 4.12. The van der Waals surface area contributed by atoms with E-state index in [1.165, 1.54) is 37.6 Å². The van der Waals surface area contributed by atoms with Gasteiger partial charge in [-0.05, 0) is 55.4 Å². The number of benzene rings is 1. The van der Waals surface area contributed by atoms with Crippen molar-refractivity contribution < 1.29 is 9.18 Å². The van der Waals surface area contributed by atoms with E-state index in [1.807, 2.05) is 0 Å². The molecule has 0 radical (unpaired) electrons. The van der Waals surface area contributed by atoms with Crippen molar-refractivity contribution in [3.8, 4) is 0 Å². The molecule has 1 aromatic heterocycles. The number of thiocarbonyl (C=S) groups is 1. The summed E-state index contributed by atoms with van der Waals surface area (Å²) in [5, 5.41) is 5.73. The molecule has 1 saturated heterocycles. The van der Waals surface area contributed by atoms with Gasteiger partial charge >= 0.3 is 0 Å². The number of aromatic nitrogens is 1. The van der Waals surface area contributed by atoms with Gasteiger partial charge in [0.1, 0.15) is 5.82 Å². The molecule has 3 rings (SSSR count). The highest BCUT2D eigenvalue weighted by molar-refractivity contribution is 7.80. The maximum atomic E-state index is 13.8. The van der Waals surface area contributed by atoms with E-state index in [-0.39, 0.29) is 16.8 Å². The van der Waals surface area contributed by atoms with Gasteiger partial charge in [-0.1, -0.05) is 19.3 Å². The molecule has 2 heterocycles. The number of hydrogen-bond acceptors (Lipinski definition) is 4. The van der Waals surface area contributed by atoms with Crippen LogP contribution < -0.4 is 15.5 Å². The largest absolute Gasteiger partial charge is 0.370 e. The molecule has 2 N–H and O–H groups in total. The Labute approximate surface area is 164 Å². The summed E-state index contributed by atoms with van der Waals surface area (Å²) in [4.78, 5) is 18.4. The maximum absolute atomic E-state index is 13.8. The second-order valence-electron chi connectivity index (χ2n) is 6.57. The van der Waals surface area contributed by atoms with Crippen LogP contribution in [0.25, 0.3) is 0 Å². The van der Waals surface area contributed by atoms with Gasteiger partial charge in [0.2, 0.25) is 0 Å². The summed E-state index contributed by atoms with van der Waals surface area (Å²) in [6.45, 7) is 1.85. The van der Waals surface area contributed by atoms with E-state index in [9.17, 15) is 9.18 Å². The molecule has 1 aliphatic heterocycles. The quantitative estimate of drug-likeness (QED) is 0.777. The van der Waals surface area contributed by atoms with Gasteiger partial charge in [-0.15, -0.1) is 0 Å². The summed E-state index contributed by atoms with van der Waals surface area (Å²) in [7, 11) is 0. The minimum Gasteiger partial charge on any atom is -0.370 e. The molecule has 0 saturated carbocycles. The van der Waals surface area contributed by atoms with Crippen LogP contribution >= 0.6 is 12.2 Å². The molecule has 1 fully saturated rings. The topological polar surface area (TPSA) is 57.3 Å². The second kappa shape index (κ2) is 9.41. The lowest BCUT2D eigenvalue weighted by atomic mass is 10.1. The van der Waals surface area contributed by atoms with E-state index in [2.05, 4.69) is 20.5 Å². The van der Waals surface area contributed by atoms with Crippen LogP contribution in [0.1, 0.15) is 42.5 Å². The fraction of sp³-hybridized carbons (Fsp3) is 0.350. The average Bonchev–Trinajstić information content (AvgIpc) is 2.63. The number of nitrogens with zero attached hydrogens (tertiary/aromatic N) is 2. The van der Waals surface area contributed by atoms with Crippen molar-refractivity contribution in [2.24, 2.45) is 0 Å². The first-order valence-corrected chi connectivity index (χ1v) is 9.61. The van der Waals surface area contributed by atoms with Gasteiger partial charge in [-0.25, -0.2) is 4.39 Å². The van der Waals surface area contributed by atoms with Crippen LogP contribution in [0.3, 0.4) is 0 Å². The lowest BCUT2D eigenvalue weighted by Gasteiger charge is -2.29. The molecule has 0 unspecified atom stereocenters. The zero-order valence-electron chi connectivity index (χ0n) is 15.1. The molecule has 7 heteroatoms. The molecule has 27 heavy (non-hydrogen) atoms. The van der Waals surface area contributed by atoms with E-state index in [4.69, 9.17) is 12.2 Å². The molecule has 1 aliphatic rings. The van der Waals surface area contributed by atoms with Crippen LogP contribution in [-0.4, -0.2) is 29.1 Å². The van der Waals surface area contributed by atoms with Crippen LogP contribution in [0, 0.1) is 5.82 Å². The molecular weight excluding hydrogens is 363 g/mol. The molecule has 0 bridgehead atoms. The highest BCUT2D eigenvalue weighted by Crippen LogP contribution is 2.28. The summed E-state index contributed by atoms with van der Waals surface area (Å²) in [6, 6.07) is 7.97. The van der Waals surface area contributed by atoms with Crippen LogP contribution in [0.2, 0.25) is 0 Å². The third kappa shape index (κ3) is 5.47. The number of nitrogens with one attached hydrogen (secondary N) is 2. The Morgan fingerprint density at radius 2 is 1.85 bits per heavy atom. The minimum absolute atomic E-state index is 0.128. The molecule has 2 aromatic rings. The van der Waals surface area contributed by atoms with Crippen LogP contribution in [-0.2, 0) is 0 Å². The zero-order chi connectivity index (χ0) is 19.1. The highest BCUT2D eigenvalue weighted by atomic mass is 32.1. The molecular formula is C20H23FN4OS. The predicted molar refractivity (Wildman–Crippen MR) is 110 cm³/mol. The van der Waals surface area contributed by atoms with E-state index in [0.717, 1.165) is 31.6 Å². The number of pyridine rings is 1. The first kappa shape index (κ1) is 19.2. The molecule has 1 aromatic carbocycles. The third-order valence-electron chi connectivity index (χ3n) is 4.55. The minimum atomic E-state index is -0.357. The number of amides is 1. The van der Waals surface area contributed by atoms with Gasteiger partial charge in [0.05, 0.1) is 16.9 Å². The molecule has 0 aliphatic carbocycles. The van der Waals surface area contributed by atoms with Crippen LogP contribution in [0.4, 0.5) is 15.8 Å². The fourth-order valence-corrected chi connectivity index (χ4v) is 3.40. The molecule has 5 nitrogen and oxygen atoms in total. The Hall–Kier alpha value is -2.54. The van der Waals surface area contributed by atoms with Gasteiger partial charge in [-0.3, -0.25) is 15.1 Å². The number of anilines is 2. The number of carbonyl (C=O) groups is 1. The van der Waals surface area contributed by atoms with Gasteiger partial charge in [0.15, 0.2) is 5.11 Å². The molecule has 0 spiro atoms. The van der Waals surface area contributed by atoms with Crippen LogP contribution in [0.5, 0.6) is 0 Å². The van der Waals surface area contributed by atoms with E-state index in [0.29, 0.717) is 11.3 Å². The van der Waals surface area contributed by atoms with Gasteiger partial charge in [0, 0.05) is 25.5 Å². The number of halogens is 1. The number of hydrogen-bond donors (Lipinski definition) is 2. The second-order valence-corrected chi connectivity index (χ2v) is 6.97.